The molecule has 0 aliphatic rings. The summed E-state index contributed by atoms with van der Waals surface area (Å²) in [5.41, 5.74) is 5.71. The monoisotopic (exact) mass is 293 g/mol. The Labute approximate surface area is 114 Å². The number of thiocarbonyl (C=S) groups is 1. The molecule has 1 unspecified atom stereocenters. The molecule has 1 aromatic rings. The average molecular weight is 293 g/mol. The largest absolute Gasteiger partial charge is 0.492 e. The van der Waals surface area contributed by atoms with Gasteiger partial charge in [0.05, 0.1) is 4.99 Å². The van der Waals surface area contributed by atoms with E-state index >= 15 is 0 Å². The Balaban J connectivity index is 2.77. The van der Waals surface area contributed by atoms with Gasteiger partial charge in [-0.1, -0.05) is 30.4 Å². The highest BCUT2D eigenvalue weighted by Crippen LogP contribution is 2.28. The van der Waals surface area contributed by atoms with Crippen LogP contribution in [-0.2, 0) is 6.42 Å². The van der Waals surface area contributed by atoms with E-state index in [0.717, 1.165) is 0 Å². The lowest BCUT2D eigenvalue weighted by Crippen LogP contribution is -2.38. The predicted octanol–water partition coefficient (Wildman–Crippen LogP) is 2.06. The summed E-state index contributed by atoms with van der Waals surface area (Å²) in [6, 6.07) is 6.57. The van der Waals surface area contributed by atoms with Crippen molar-refractivity contribution < 1.29 is 23.0 Å². The zero-order chi connectivity index (χ0) is 14.5. The first kappa shape index (κ1) is 15.7. The third-order valence-corrected chi connectivity index (χ3v) is 2.78. The van der Waals surface area contributed by atoms with E-state index in [0.29, 0.717) is 17.7 Å². The van der Waals surface area contributed by atoms with Gasteiger partial charge in [-0.25, -0.2) is 0 Å². The average Bonchev–Trinajstić information content (AvgIpc) is 2.29. The smallest absolute Gasteiger partial charge is 0.401 e. The van der Waals surface area contributed by atoms with Crippen LogP contribution in [0.3, 0.4) is 0 Å². The molecule has 0 aliphatic heterocycles. The highest BCUT2D eigenvalue weighted by atomic mass is 32.1. The van der Waals surface area contributed by atoms with Gasteiger partial charge in [0.15, 0.2) is 0 Å². The predicted molar refractivity (Wildman–Crippen MR) is 69.1 cm³/mol. The standard InChI is InChI=1S/C12H14F3NO2S/c13-12(14,15)9(11(16)19)7-18-10-4-2-1-3-8(10)5-6-17/h1-4,9,17H,5-7H2,(H2,16,19). The van der Waals surface area contributed by atoms with Crippen molar-refractivity contribution in [2.45, 2.75) is 12.6 Å². The van der Waals surface area contributed by atoms with Crippen molar-refractivity contribution in [1.29, 1.82) is 0 Å². The zero-order valence-corrected chi connectivity index (χ0v) is 10.8. The van der Waals surface area contributed by atoms with Crippen LogP contribution in [-0.4, -0.2) is 29.5 Å². The number of rotatable bonds is 6. The number of aliphatic hydroxyl groups is 1. The molecule has 1 atom stereocenters. The summed E-state index contributed by atoms with van der Waals surface area (Å²) in [4.78, 5) is -0.646. The quantitative estimate of drug-likeness (QED) is 0.788. The summed E-state index contributed by atoms with van der Waals surface area (Å²) < 4.78 is 43.0. The van der Waals surface area contributed by atoms with Crippen LogP contribution in [0.1, 0.15) is 5.56 Å². The van der Waals surface area contributed by atoms with Gasteiger partial charge in [-0.15, -0.1) is 0 Å². The number of aliphatic hydroxyl groups excluding tert-OH is 1. The van der Waals surface area contributed by atoms with Crippen LogP contribution >= 0.6 is 12.2 Å². The molecule has 7 heteroatoms. The van der Waals surface area contributed by atoms with Crippen LogP contribution in [0.4, 0.5) is 13.2 Å². The molecule has 0 fully saturated rings. The van der Waals surface area contributed by atoms with E-state index in [1.807, 2.05) is 0 Å². The van der Waals surface area contributed by atoms with E-state index in [1.165, 1.54) is 6.07 Å². The third-order valence-electron chi connectivity index (χ3n) is 2.50. The molecule has 0 spiro atoms. The number of nitrogens with two attached hydrogens (primary N) is 1. The first-order chi connectivity index (χ1) is 8.86. The van der Waals surface area contributed by atoms with E-state index in [-0.39, 0.29) is 6.61 Å². The van der Waals surface area contributed by atoms with Gasteiger partial charge in [-0.3, -0.25) is 0 Å². The summed E-state index contributed by atoms with van der Waals surface area (Å²) in [6.07, 6.45) is -4.22. The maximum absolute atomic E-state index is 12.6. The van der Waals surface area contributed by atoms with Crippen molar-refractivity contribution in [2.24, 2.45) is 11.7 Å². The van der Waals surface area contributed by atoms with Gasteiger partial charge in [0, 0.05) is 6.61 Å². The molecule has 0 saturated heterocycles. The summed E-state index contributed by atoms with van der Waals surface area (Å²) in [5, 5.41) is 8.86. The topological polar surface area (TPSA) is 55.5 Å². The van der Waals surface area contributed by atoms with Gasteiger partial charge in [-0.05, 0) is 18.1 Å². The Morgan fingerprint density at radius 1 is 1.37 bits per heavy atom. The molecule has 3 nitrogen and oxygen atoms in total. The van der Waals surface area contributed by atoms with Crippen molar-refractivity contribution in [3.8, 4) is 5.75 Å². The first-order valence-electron chi connectivity index (χ1n) is 5.54. The lowest BCUT2D eigenvalue weighted by Gasteiger charge is -2.20. The molecule has 0 heterocycles. The molecule has 0 bridgehead atoms. The molecule has 0 amide bonds. The van der Waals surface area contributed by atoms with E-state index < -0.39 is 23.7 Å². The fourth-order valence-electron chi connectivity index (χ4n) is 1.48. The fourth-order valence-corrected chi connectivity index (χ4v) is 1.68. The van der Waals surface area contributed by atoms with Gasteiger partial charge < -0.3 is 15.6 Å². The summed E-state index contributed by atoms with van der Waals surface area (Å²) >= 11 is 4.40. The summed E-state index contributed by atoms with van der Waals surface area (Å²) in [6.45, 7) is -0.778. The van der Waals surface area contributed by atoms with Crippen LogP contribution in [0.25, 0.3) is 0 Å². The molecule has 1 rings (SSSR count). The third kappa shape index (κ3) is 4.68. The summed E-state index contributed by atoms with van der Waals surface area (Å²) in [7, 11) is 0. The van der Waals surface area contributed by atoms with Crippen LogP contribution in [0.15, 0.2) is 24.3 Å². The molecule has 0 radical (unpaired) electrons. The second-order valence-electron chi connectivity index (χ2n) is 3.89. The zero-order valence-electron chi connectivity index (χ0n) is 9.98. The number of para-hydroxylation sites is 1. The van der Waals surface area contributed by atoms with Crippen LogP contribution in [0.5, 0.6) is 5.75 Å². The Hall–Kier alpha value is -1.34. The van der Waals surface area contributed by atoms with E-state index in [9.17, 15) is 13.2 Å². The molecule has 3 N–H and O–H groups in total. The molecule has 19 heavy (non-hydrogen) atoms. The van der Waals surface area contributed by atoms with E-state index in [4.69, 9.17) is 15.6 Å². The fraction of sp³-hybridized carbons (Fsp3) is 0.417. The van der Waals surface area contributed by atoms with Crippen LogP contribution < -0.4 is 10.5 Å². The van der Waals surface area contributed by atoms with Gasteiger partial charge >= 0.3 is 6.18 Å². The lowest BCUT2D eigenvalue weighted by atomic mass is 10.1. The molecular formula is C12H14F3NO2S. The minimum atomic E-state index is -4.53. The van der Waals surface area contributed by atoms with Crippen molar-refractivity contribution in [3.05, 3.63) is 29.8 Å². The first-order valence-corrected chi connectivity index (χ1v) is 5.94. The lowest BCUT2D eigenvalue weighted by molar-refractivity contribution is -0.161. The van der Waals surface area contributed by atoms with Crippen molar-refractivity contribution in [2.75, 3.05) is 13.2 Å². The minimum absolute atomic E-state index is 0.113. The second-order valence-corrected chi connectivity index (χ2v) is 4.36. The van der Waals surface area contributed by atoms with Crippen molar-refractivity contribution in [3.63, 3.8) is 0 Å². The minimum Gasteiger partial charge on any atom is -0.492 e. The van der Waals surface area contributed by atoms with Crippen molar-refractivity contribution >= 4 is 17.2 Å². The molecule has 0 aromatic heterocycles. The highest BCUT2D eigenvalue weighted by Gasteiger charge is 2.42. The molecule has 0 saturated carbocycles. The number of benzene rings is 1. The molecular weight excluding hydrogens is 279 g/mol. The Morgan fingerprint density at radius 2 is 2.00 bits per heavy atom. The number of halogens is 3. The van der Waals surface area contributed by atoms with Gasteiger partial charge in [-0.2, -0.15) is 13.2 Å². The molecule has 1 aromatic carbocycles. The molecule has 106 valence electrons. The second kappa shape index (κ2) is 6.72. The van der Waals surface area contributed by atoms with E-state index in [1.54, 1.807) is 18.2 Å². The van der Waals surface area contributed by atoms with Crippen molar-refractivity contribution in [1.82, 2.24) is 0 Å². The van der Waals surface area contributed by atoms with Gasteiger partial charge in [0.2, 0.25) is 0 Å². The Morgan fingerprint density at radius 3 is 2.53 bits per heavy atom. The maximum atomic E-state index is 12.6. The van der Waals surface area contributed by atoms with Crippen LogP contribution in [0.2, 0.25) is 0 Å². The maximum Gasteiger partial charge on any atom is 0.401 e. The molecule has 0 aliphatic carbocycles. The van der Waals surface area contributed by atoms with Gasteiger partial charge in [0.25, 0.3) is 0 Å². The van der Waals surface area contributed by atoms with E-state index in [2.05, 4.69) is 12.2 Å². The van der Waals surface area contributed by atoms with Crippen LogP contribution in [0, 0.1) is 5.92 Å². The highest BCUT2D eigenvalue weighted by molar-refractivity contribution is 7.80. The number of alkyl halides is 3. The van der Waals surface area contributed by atoms with Gasteiger partial charge in [0.1, 0.15) is 18.3 Å². The SMILES string of the molecule is NC(=S)C(COc1ccccc1CCO)C(F)(F)F. The summed E-state index contributed by atoms with van der Waals surface area (Å²) in [5.74, 6) is -1.69. The Kier molecular flexibility index (Phi) is 5.56. The number of hydrogen-bond acceptors (Lipinski definition) is 3. The normalized spacial score (nSPS) is 13.1. The number of ether oxygens (including phenoxy) is 1. The Bertz CT molecular complexity index is 437. The number of hydrogen-bond donors (Lipinski definition) is 2.